The van der Waals surface area contributed by atoms with Crippen LogP contribution >= 0.6 is 0 Å². The highest BCUT2D eigenvalue weighted by molar-refractivity contribution is 6.06. The molecule has 0 saturated heterocycles. The Kier molecular flexibility index (Phi) is 5.97. The molecule has 0 aliphatic rings. The van der Waals surface area contributed by atoms with Gasteiger partial charge in [0.05, 0.1) is 5.56 Å². The fourth-order valence-electron chi connectivity index (χ4n) is 5.32. The number of alkyl halides is 3. The van der Waals surface area contributed by atoms with Crippen LogP contribution in [0.4, 0.5) is 13.2 Å². The lowest BCUT2D eigenvalue weighted by Crippen LogP contribution is -2.03. The molecule has 7 aromatic rings. The molecule has 4 heteroatoms. The molecule has 0 N–H and O–H groups in total. The molecule has 7 rings (SSSR count). The topological polar surface area (TPSA) is 13.1 Å². The van der Waals surface area contributed by atoms with Crippen molar-refractivity contribution in [1.29, 1.82) is 0 Å². The van der Waals surface area contributed by atoms with Gasteiger partial charge >= 0.3 is 6.18 Å². The first-order valence-electron chi connectivity index (χ1n) is 13.3. The number of hydrogen-bond donors (Lipinski definition) is 0. The highest BCUT2D eigenvalue weighted by atomic mass is 19.4. The average Bonchev–Trinajstić information content (AvgIpc) is 3.39. The molecule has 0 aliphatic carbocycles. The Morgan fingerprint density at radius 3 is 1.20 bits per heavy atom. The van der Waals surface area contributed by atoms with Gasteiger partial charge in [0.25, 0.3) is 0 Å². The van der Waals surface area contributed by atoms with Gasteiger partial charge in [-0.25, -0.2) is 0 Å². The molecule has 6 aromatic carbocycles. The minimum Gasteiger partial charge on any atom is -0.456 e. The molecular weight excluding hydrogens is 517 g/mol. The van der Waals surface area contributed by atoms with Crippen molar-refractivity contribution in [1.82, 2.24) is 0 Å². The van der Waals surface area contributed by atoms with Gasteiger partial charge in [0.2, 0.25) is 0 Å². The van der Waals surface area contributed by atoms with E-state index in [1.807, 2.05) is 48.5 Å². The summed E-state index contributed by atoms with van der Waals surface area (Å²) in [6, 6.07) is 44.5. The molecular formula is C37H23F3O. The van der Waals surface area contributed by atoms with Crippen LogP contribution in [0.5, 0.6) is 0 Å². The maximum Gasteiger partial charge on any atom is 0.416 e. The number of furan rings is 1. The van der Waals surface area contributed by atoms with E-state index in [1.54, 1.807) is 0 Å². The van der Waals surface area contributed by atoms with Crippen LogP contribution in [0, 0.1) is 0 Å². The van der Waals surface area contributed by atoms with Gasteiger partial charge in [-0.2, -0.15) is 13.2 Å². The minimum absolute atomic E-state index is 0.642. The lowest BCUT2D eigenvalue weighted by atomic mass is 9.96. The summed E-state index contributed by atoms with van der Waals surface area (Å²) in [4.78, 5) is 0. The van der Waals surface area contributed by atoms with Gasteiger partial charge in [0, 0.05) is 10.8 Å². The van der Waals surface area contributed by atoms with Crippen LogP contribution in [0.15, 0.2) is 144 Å². The predicted octanol–water partition coefficient (Wildman–Crippen LogP) is 11.3. The molecule has 1 heterocycles. The van der Waals surface area contributed by atoms with E-state index in [4.69, 9.17) is 4.42 Å². The Labute approximate surface area is 235 Å². The molecule has 198 valence electrons. The SMILES string of the molecule is FC(F)(F)c1ccc(-c2ccc(-c3ccc(-c4ccc(-c5ccc6oc7ccccc7c6c5)cc4)cc3)cc2)cc1. The number of hydrogen-bond acceptors (Lipinski definition) is 1. The van der Waals surface area contributed by atoms with E-state index >= 15 is 0 Å². The first kappa shape index (κ1) is 24.9. The normalized spacial score (nSPS) is 11.8. The number of halogens is 3. The third-order valence-corrected chi connectivity index (χ3v) is 7.58. The zero-order valence-electron chi connectivity index (χ0n) is 21.8. The zero-order valence-corrected chi connectivity index (χ0v) is 21.8. The molecule has 1 nitrogen and oxygen atoms in total. The summed E-state index contributed by atoms with van der Waals surface area (Å²) in [5, 5.41) is 2.24. The Morgan fingerprint density at radius 2 is 0.732 bits per heavy atom. The zero-order chi connectivity index (χ0) is 28.0. The van der Waals surface area contributed by atoms with Gasteiger partial charge in [-0.1, -0.05) is 109 Å². The predicted molar refractivity (Wildman–Crippen MR) is 160 cm³/mol. The summed E-state index contributed by atoms with van der Waals surface area (Å²) in [6.45, 7) is 0. The van der Waals surface area contributed by atoms with E-state index < -0.39 is 11.7 Å². The van der Waals surface area contributed by atoms with Gasteiger partial charge in [-0.15, -0.1) is 0 Å². The number of para-hydroxylation sites is 1. The third-order valence-electron chi connectivity index (χ3n) is 7.58. The maximum absolute atomic E-state index is 12.9. The highest BCUT2D eigenvalue weighted by Gasteiger charge is 2.29. The van der Waals surface area contributed by atoms with Crippen molar-refractivity contribution in [3.8, 4) is 44.5 Å². The van der Waals surface area contributed by atoms with Gasteiger partial charge in [-0.05, 0) is 74.8 Å². The van der Waals surface area contributed by atoms with Gasteiger partial charge < -0.3 is 4.42 Å². The van der Waals surface area contributed by atoms with Crippen molar-refractivity contribution in [2.75, 3.05) is 0 Å². The van der Waals surface area contributed by atoms with E-state index in [-0.39, 0.29) is 0 Å². The highest BCUT2D eigenvalue weighted by Crippen LogP contribution is 2.34. The lowest BCUT2D eigenvalue weighted by Gasteiger charge is -2.09. The number of fused-ring (bicyclic) bond motifs is 3. The monoisotopic (exact) mass is 540 g/mol. The van der Waals surface area contributed by atoms with Crippen LogP contribution in [0.25, 0.3) is 66.4 Å². The van der Waals surface area contributed by atoms with E-state index in [1.165, 1.54) is 12.1 Å². The third kappa shape index (κ3) is 4.78. The summed E-state index contributed by atoms with van der Waals surface area (Å²) in [5.41, 5.74) is 9.43. The maximum atomic E-state index is 12.9. The Bertz CT molecular complexity index is 1980. The van der Waals surface area contributed by atoms with Crippen LogP contribution in [-0.4, -0.2) is 0 Å². The summed E-state index contributed by atoms with van der Waals surface area (Å²) in [5.74, 6) is 0. The molecule has 0 spiro atoms. The molecule has 1 aromatic heterocycles. The molecule has 0 unspecified atom stereocenters. The van der Waals surface area contributed by atoms with E-state index in [0.29, 0.717) is 0 Å². The molecule has 0 radical (unpaired) electrons. The first-order valence-corrected chi connectivity index (χ1v) is 13.3. The lowest BCUT2D eigenvalue weighted by molar-refractivity contribution is -0.137. The standard InChI is InChI=1S/C37H23F3O/c38-37(39,40)32-20-17-29(18-21-32)28-11-9-25(10-12-28)24-5-7-26(8-6-24)27-13-15-30(16-14-27)31-19-22-36-34(23-31)33-3-1-2-4-35(33)41-36/h1-23H. The molecule has 0 atom stereocenters. The van der Waals surface area contributed by atoms with Crippen molar-refractivity contribution in [3.63, 3.8) is 0 Å². The van der Waals surface area contributed by atoms with Crippen molar-refractivity contribution in [2.45, 2.75) is 6.18 Å². The van der Waals surface area contributed by atoms with Crippen LogP contribution in [0.2, 0.25) is 0 Å². The molecule has 0 saturated carbocycles. The van der Waals surface area contributed by atoms with Crippen LogP contribution in [0.1, 0.15) is 5.56 Å². The smallest absolute Gasteiger partial charge is 0.416 e. The second kappa shape index (κ2) is 9.83. The van der Waals surface area contributed by atoms with Crippen molar-refractivity contribution < 1.29 is 17.6 Å². The molecule has 41 heavy (non-hydrogen) atoms. The van der Waals surface area contributed by atoms with E-state index in [9.17, 15) is 13.2 Å². The second-order valence-electron chi connectivity index (χ2n) is 10.1. The fourth-order valence-corrected chi connectivity index (χ4v) is 5.32. The van der Waals surface area contributed by atoms with Gasteiger partial charge in [0.15, 0.2) is 0 Å². The van der Waals surface area contributed by atoms with Gasteiger partial charge in [-0.3, -0.25) is 0 Å². The Morgan fingerprint density at radius 1 is 0.366 bits per heavy atom. The summed E-state index contributed by atoms with van der Waals surface area (Å²) in [6.07, 6.45) is -4.33. The minimum atomic E-state index is -4.33. The summed E-state index contributed by atoms with van der Waals surface area (Å²) in [7, 11) is 0. The average molecular weight is 541 g/mol. The van der Waals surface area contributed by atoms with Crippen molar-refractivity contribution >= 4 is 21.9 Å². The van der Waals surface area contributed by atoms with E-state index in [2.05, 4.69) is 66.7 Å². The molecule has 0 aliphatic heterocycles. The molecule has 0 amide bonds. The Hall–Kier alpha value is -5.09. The summed E-state index contributed by atoms with van der Waals surface area (Å²) < 4.78 is 44.6. The van der Waals surface area contributed by atoms with E-state index in [0.717, 1.165) is 78.6 Å². The quantitative estimate of drug-likeness (QED) is 0.216. The van der Waals surface area contributed by atoms with Gasteiger partial charge in [0.1, 0.15) is 11.2 Å². The van der Waals surface area contributed by atoms with Crippen molar-refractivity contribution in [3.05, 3.63) is 145 Å². The van der Waals surface area contributed by atoms with Crippen LogP contribution < -0.4 is 0 Å². The molecule has 0 fully saturated rings. The van der Waals surface area contributed by atoms with Crippen LogP contribution in [0.3, 0.4) is 0 Å². The first-order chi connectivity index (χ1) is 19.9. The number of rotatable bonds is 4. The van der Waals surface area contributed by atoms with Crippen molar-refractivity contribution in [2.24, 2.45) is 0 Å². The number of benzene rings is 6. The Balaban J connectivity index is 1.09. The molecule has 0 bridgehead atoms. The summed E-state index contributed by atoms with van der Waals surface area (Å²) >= 11 is 0. The largest absolute Gasteiger partial charge is 0.456 e. The second-order valence-corrected chi connectivity index (χ2v) is 10.1. The van der Waals surface area contributed by atoms with Crippen LogP contribution in [-0.2, 0) is 6.18 Å². The fraction of sp³-hybridized carbons (Fsp3) is 0.0270.